The second kappa shape index (κ2) is 8.08. The Kier molecular flexibility index (Phi) is 5.49. The lowest BCUT2D eigenvalue weighted by Gasteiger charge is -2.36. The molecule has 4 rings (SSSR count). The molecular weight excluding hydrogens is 382 g/mol. The quantitative estimate of drug-likeness (QED) is 0.563. The molecule has 1 spiro atoms. The molecule has 2 aliphatic rings. The van der Waals surface area contributed by atoms with E-state index in [1.54, 1.807) is 0 Å². The van der Waals surface area contributed by atoms with Gasteiger partial charge in [0.15, 0.2) is 0 Å². The average Bonchev–Trinajstić information content (AvgIpc) is 3.16. The van der Waals surface area contributed by atoms with E-state index in [1.165, 1.54) is 0 Å². The molecule has 1 aromatic heterocycles. The van der Waals surface area contributed by atoms with Gasteiger partial charge in [-0.05, 0) is 44.2 Å². The molecule has 2 fully saturated rings. The third-order valence-corrected chi connectivity index (χ3v) is 6.53. The fraction of sp³-hybridized carbons (Fsp3) is 0.545. The first kappa shape index (κ1) is 20.4. The fourth-order valence-electron chi connectivity index (χ4n) is 4.78. The number of para-hydroxylation sites is 2. The number of imide groups is 1. The zero-order valence-electron chi connectivity index (χ0n) is 17.6. The maximum absolute atomic E-state index is 12.9. The lowest BCUT2D eigenvalue weighted by Crippen LogP contribution is -2.54. The highest BCUT2D eigenvalue weighted by molar-refractivity contribution is 6.09. The molecule has 1 saturated heterocycles. The molecule has 1 aliphatic carbocycles. The number of hydrogen-bond acceptors (Lipinski definition) is 4. The summed E-state index contributed by atoms with van der Waals surface area (Å²) in [7, 11) is 0. The van der Waals surface area contributed by atoms with Crippen LogP contribution in [0.2, 0.25) is 0 Å². The van der Waals surface area contributed by atoms with E-state index in [0.717, 1.165) is 54.0 Å². The third-order valence-electron chi connectivity index (χ3n) is 6.53. The number of aromatic nitrogens is 2. The first-order valence-electron chi connectivity index (χ1n) is 10.7. The summed E-state index contributed by atoms with van der Waals surface area (Å²) in [5, 5.41) is 5.72. The van der Waals surface area contributed by atoms with Crippen molar-refractivity contribution in [3.05, 3.63) is 30.1 Å². The second-order valence-electron chi connectivity index (χ2n) is 8.44. The normalized spacial score (nSPS) is 23.9. The van der Waals surface area contributed by atoms with Crippen molar-refractivity contribution >= 4 is 28.9 Å². The Hall–Kier alpha value is -2.90. The largest absolute Gasteiger partial charge is 0.354 e. The number of benzene rings is 1. The monoisotopic (exact) mass is 411 g/mol. The van der Waals surface area contributed by atoms with Crippen LogP contribution in [0.25, 0.3) is 11.0 Å². The predicted molar refractivity (Wildman–Crippen MR) is 113 cm³/mol. The van der Waals surface area contributed by atoms with Gasteiger partial charge in [-0.15, -0.1) is 0 Å². The van der Waals surface area contributed by atoms with Gasteiger partial charge in [-0.3, -0.25) is 14.5 Å². The maximum atomic E-state index is 12.9. The molecule has 8 nitrogen and oxygen atoms in total. The molecule has 0 radical (unpaired) electrons. The van der Waals surface area contributed by atoms with E-state index in [4.69, 9.17) is 0 Å². The Morgan fingerprint density at radius 1 is 1.30 bits per heavy atom. The number of fused-ring (bicyclic) bond motifs is 1. The minimum atomic E-state index is -0.824. The van der Waals surface area contributed by atoms with Crippen molar-refractivity contribution < 1.29 is 14.4 Å². The highest BCUT2D eigenvalue weighted by Gasteiger charge is 2.55. The summed E-state index contributed by atoms with van der Waals surface area (Å²) in [5.74, 6) is 0.458. The van der Waals surface area contributed by atoms with Gasteiger partial charge in [-0.1, -0.05) is 31.9 Å². The van der Waals surface area contributed by atoms with Crippen LogP contribution >= 0.6 is 0 Å². The van der Waals surface area contributed by atoms with E-state index in [9.17, 15) is 14.4 Å². The van der Waals surface area contributed by atoms with Crippen LogP contribution in [0.1, 0.15) is 44.9 Å². The van der Waals surface area contributed by atoms with Crippen molar-refractivity contribution in [2.45, 2.75) is 58.0 Å². The number of carbonyl (C=O) groups excluding carboxylic acids is 3. The Morgan fingerprint density at radius 3 is 2.90 bits per heavy atom. The smallest absolute Gasteiger partial charge is 0.325 e. The third kappa shape index (κ3) is 3.55. The van der Waals surface area contributed by atoms with Crippen LogP contribution in [0, 0.1) is 12.8 Å². The number of carbonyl (C=O) groups is 3. The molecule has 4 amide bonds. The van der Waals surface area contributed by atoms with Gasteiger partial charge in [0, 0.05) is 13.1 Å². The van der Waals surface area contributed by atoms with E-state index in [1.807, 2.05) is 38.1 Å². The topological polar surface area (TPSA) is 96.3 Å². The van der Waals surface area contributed by atoms with Crippen molar-refractivity contribution in [3.63, 3.8) is 0 Å². The van der Waals surface area contributed by atoms with E-state index in [2.05, 4.69) is 20.2 Å². The highest BCUT2D eigenvalue weighted by atomic mass is 16.2. The van der Waals surface area contributed by atoms with Gasteiger partial charge in [0.05, 0.1) is 11.0 Å². The van der Waals surface area contributed by atoms with Gasteiger partial charge >= 0.3 is 6.03 Å². The van der Waals surface area contributed by atoms with Crippen molar-refractivity contribution in [1.29, 1.82) is 0 Å². The molecule has 0 bridgehead atoms. The maximum Gasteiger partial charge on any atom is 0.325 e. The predicted octanol–water partition coefficient (Wildman–Crippen LogP) is 2.35. The Balaban J connectivity index is 1.29. The summed E-state index contributed by atoms with van der Waals surface area (Å²) in [4.78, 5) is 43.3. The standard InChI is InChI=1S/C22H29N5O3/c1-15-8-5-6-11-22(15)20(29)27(21(30)25-22)14-19(28)23-12-7-13-26-16(2)24-17-9-3-4-10-18(17)26/h3-4,9-10,15H,5-8,11-14H2,1-2H3,(H,23,28)(H,25,30). The number of hydrogen-bond donors (Lipinski definition) is 2. The number of urea groups is 1. The van der Waals surface area contributed by atoms with E-state index in [0.29, 0.717) is 13.0 Å². The van der Waals surface area contributed by atoms with Crippen LogP contribution in [0.4, 0.5) is 4.79 Å². The summed E-state index contributed by atoms with van der Waals surface area (Å²) in [5.41, 5.74) is 1.21. The zero-order valence-corrected chi connectivity index (χ0v) is 17.6. The van der Waals surface area contributed by atoms with Crippen molar-refractivity contribution in [2.24, 2.45) is 5.92 Å². The van der Waals surface area contributed by atoms with Gasteiger partial charge in [-0.2, -0.15) is 0 Å². The number of aryl methyl sites for hydroxylation is 2. The molecule has 160 valence electrons. The van der Waals surface area contributed by atoms with Gasteiger partial charge in [0.1, 0.15) is 17.9 Å². The van der Waals surface area contributed by atoms with E-state index in [-0.39, 0.29) is 24.3 Å². The Morgan fingerprint density at radius 2 is 2.10 bits per heavy atom. The van der Waals surface area contributed by atoms with Gasteiger partial charge in [-0.25, -0.2) is 9.78 Å². The van der Waals surface area contributed by atoms with Crippen molar-refractivity contribution in [2.75, 3.05) is 13.1 Å². The fourth-order valence-corrected chi connectivity index (χ4v) is 4.78. The number of rotatable bonds is 6. The lowest BCUT2D eigenvalue weighted by atomic mass is 9.73. The molecule has 2 N–H and O–H groups in total. The van der Waals surface area contributed by atoms with Crippen LogP contribution in [0.5, 0.6) is 0 Å². The summed E-state index contributed by atoms with van der Waals surface area (Å²) in [6, 6.07) is 7.52. The zero-order chi connectivity index (χ0) is 21.3. The van der Waals surface area contributed by atoms with E-state index >= 15 is 0 Å². The highest BCUT2D eigenvalue weighted by Crippen LogP contribution is 2.38. The molecule has 2 unspecified atom stereocenters. The first-order chi connectivity index (χ1) is 14.4. The molecule has 30 heavy (non-hydrogen) atoms. The van der Waals surface area contributed by atoms with Crippen LogP contribution < -0.4 is 10.6 Å². The number of imidazole rings is 1. The molecular formula is C22H29N5O3. The number of amides is 4. The number of nitrogens with zero attached hydrogens (tertiary/aromatic N) is 3. The molecule has 1 aliphatic heterocycles. The van der Waals surface area contributed by atoms with Gasteiger partial charge < -0.3 is 15.2 Å². The van der Waals surface area contributed by atoms with Crippen molar-refractivity contribution in [1.82, 2.24) is 25.1 Å². The molecule has 2 heterocycles. The lowest BCUT2D eigenvalue weighted by molar-refractivity contribution is -0.137. The summed E-state index contributed by atoms with van der Waals surface area (Å²) < 4.78 is 2.13. The Bertz CT molecular complexity index is 984. The van der Waals surface area contributed by atoms with Crippen LogP contribution in [-0.4, -0.2) is 50.9 Å². The summed E-state index contributed by atoms with van der Waals surface area (Å²) in [6.45, 7) is 4.94. The van der Waals surface area contributed by atoms with Crippen LogP contribution in [-0.2, 0) is 16.1 Å². The molecule has 8 heteroatoms. The molecule has 1 aromatic carbocycles. The molecule has 2 atom stereocenters. The first-order valence-corrected chi connectivity index (χ1v) is 10.7. The number of nitrogens with one attached hydrogen (secondary N) is 2. The summed E-state index contributed by atoms with van der Waals surface area (Å²) in [6.07, 6.45) is 4.27. The van der Waals surface area contributed by atoms with E-state index < -0.39 is 11.6 Å². The SMILES string of the molecule is Cc1nc2ccccc2n1CCCNC(=O)CN1C(=O)NC2(CCCCC2C)C1=O. The van der Waals surface area contributed by atoms with Crippen LogP contribution in [0.15, 0.2) is 24.3 Å². The summed E-state index contributed by atoms with van der Waals surface area (Å²) >= 11 is 0. The molecule has 2 aromatic rings. The second-order valence-corrected chi connectivity index (χ2v) is 8.44. The minimum Gasteiger partial charge on any atom is -0.354 e. The van der Waals surface area contributed by atoms with Gasteiger partial charge in [0.2, 0.25) is 5.91 Å². The van der Waals surface area contributed by atoms with Crippen LogP contribution in [0.3, 0.4) is 0 Å². The average molecular weight is 412 g/mol. The molecule has 1 saturated carbocycles. The minimum absolute atomic E-state index is 0.0870. The Labute approximate surface area is 176 Å². The van der Waals surface area contributed by atoms with Gasteiger partial charge in [0.25, 0.3) is 5.91 Å². The van der Waals surface area contributed by atoms with Crippen molar-refractivity contribution in [3.8, 4) is 0 Å².